The van der Waals surface area contributed by atoms with Gasteiger partial charge in [0.05, 0.1) is 11.4 Å². The summed E-state index contributed by atoms with van der Waals surface area (Å²) in [5.41, 5.74) is 7.95. The summed E-state index contributed by atoms with van der Waals surface area (Å²) < 4.78 is 0. The lowest BCUT2D eigenvalue weighted by molar-refractivity contribution is 0.0916. The van der Waals surface area contributed by atoms with Gasteiger partial charge >= 0.3 is 0 Å². The summed E-state index contributed by atoms with van der Waals surface area (Å²) in [7, 11) is 3.81. The lowest BCUT2D eigenvalue weighted by atomic mass is 10.0. The molecule has 112 valence electrons. The van der Waals surface area contributed by atoms with Crippen molar-refractivity contribution in [2.45, 2.75) is 26.3 Å². The third kappa shape index (κ3) is 4.13. The van der Waals surface area contributed by atoms with Gasteiger partial charge in [0.1, 0.15) is 0 Å². The largest absolute Gasteiger partial charge is 0.397 e. The Morgan fingerprint density at radius 2 is 2.05 bits per heavy atom. The van der Waals surface area contributed by atoms with Crippen LogP contribution in [0.25, 0.3) is 0 Å². The van der Waals surface area contributed by atoms with Crippen LogP contribution < -0.4 is 16.0 Å². The van der Waals surface area contributed by atoms with Crippen molar-refractivity contribution in [1.82, 2.24) is 5.32 Å². The summed E-state index contributed by atoms with van der Waals surface area (Å²) >= 11 is 0. The van der Waals surface area contributed by atoms with Crippen molar-refractivity contribution in [3.8, 4) is 0 Å². The van der Waals surface area contributed by atoms with Crippen LogP contribution in [0.3, 0.4) is 0 Å². The third-order valence-corrected chi connectivity index (χ3v) is 3.33. The van der Waals surface area contributed by atoms with Crippen LogP contribution in [0.4, 0.5) is 11.4 Å². The Labute approximate surface area is 120 Å². The van der Waals surface area contributed by atoms with Crippen LogP contribution in [0.5, 0.6) is 0 Å². The Balaban J connectivity index is 2.84. The smallest absolute Gasteiger partial charge is 0.251 e. The number of aliphatic hydroxyl groups excluding tert-OH is 1. The minimum absolute atomic E-state index is 0.0396. The summed E-state index contributed by atoms with van der Waals surface area (Å²) in [5, 5.41) is 12.0. The molecule has 1 unspecified atom stereocenters. The van der Waals surface area contributed by atoms with E-state index < -0.39 is 0 Å². The van der Waals surface area contributed by atoms with E-state index in [0.717, 1.165) is 5.69 Å². The summed E-state index contributed by atoms with van der Waals surface area (Å²) in [6, 6.07) is 5.24. The van der Waals surface area contributed by atoms with Crippen molar-refractivity contribution >= 4 is 17.3 Å². The zero-order valence-electron chi connectivity index (χ0n) is 12.7. The molecule has 0 aliphatic rings. The number of hydrogen-bond acceptors (Lipinski definition) is 4. The molecule has 4 N–H and O–H groups in total. The monoisotopic (exact) mass is 279 g/mol. The Morgan fingerprint density at radius 1 is 1.40 bits per heavy atom. The zero-order valence-corrected chi connectivity index (χ0v) is 12.7. The van der Waals surface area contributed by atoms with E-state index in [0.29, 0.717) is 17.7 Å². The van der Waals surface area contributed by atoms with Gasteiger partial charge < -0.3 is 21.1 Å². The first-order chi connectivity index (χ1) is 9.36. The first-order valence-electron chi connectivity index (χ1n) is 6.85. The van der Waals surface area contributed by atoms with Gasteiger partial charge in [0.15, 0.2) is 0 Å². The molecule has 1 aromatic carbocycles. The number of nitrogens with two attached hydrogens (primary N) is 1. The second kappa shape index (κ2) is 7.14. The topological polar surface area (TPSA) is 78.6 Å². The number of benzene rings is 1. The van der Waals surface area contributed by atoms with Gasteiger partial charge in [-0.25, -0.2) is 0 Å². The molecule has 1 atom stereocenters. The molecule has 5 nitrogen and oxygen atoms in total. The van der Waals surface area contributed by atoms with Crippen LogP contribution in [0.1, 0.15) is 30.6 Å². The summed E-state index contributed by atoms with van der Waals surface area (Å²) in [5.74, 6) is 0.110. The number of nitrogen functional groups attached to an aromatic ring is 1. The van der Waals surface area contributed by atoms with Gasteiger partial charge in [0.2, 0.25) is 0 Å². The number of nitrogens with one attached hydrogen (secondary N) is 1. The molecule has 0 aliphatic carbocycles. The SMILES string of the molecule is CC(C)C(CCO)NC(=O)c1ccc(N(C)C)c(N)c1. The fraction of sp³-hybridized carbons (Fsp3) is 0.533. The van der Waals surface area contributed by atoms with Crippen molar-refractivity contribution in [2.75, 3.05) is 31.3 Å². The Bertz CT molecular complexity index is 458. The second-order valence-corrected chi connectivity index (χ2v) is 5.50. The maximum atomic E-state index is 12.2. The molecule has 1 rings (SSSR count). The Kier molecular flexibility index (Phi) is 5.82. The van der Waals surface area contributed by atoms with Gasteiger partial charge in [0, 0.05) is 32.3 Å². The van der Waals surface area contributed by atoms with Gasteiger partial charge in [0.25, 0.3) is 5.91 Å². The first-order valence-corrected chi connectivity index (χ1v) is 6.85. The third-order valence-electron chi connectivity index (χ3n) is 3.33. The van der Waals surface area contributed by atoms with E-state index in [1.807, 2.05) is 38.9 Å². The van der Waals surface area contributed by atoms with Crippen LogP contribution in [-0.4, -0.2) is 37.8 Å². The predicted molar refractivity (Wildman–Crippen MR) is 83.0 cm³/mol. The van der Waals surface area contributed by atoms with Crippen molar-refractivity contribution < 1.29 is 9.90 Å². The minimum atomic E-state index is -0.158. The molecule has 20 heavy (non-hydrogen) atoms. The van der Waals surface area contributed by atoms with E-state index in [1.54, 1.807) is 12.1 Å². The fourth-order valence-electron chi connectivity index (χ4n) is 2.07. The average Bonchev–Trinajstić information content (AvgIpc) is 2.37. The second-order valence-electron chi connectivity index (χ2n) is 5.50. The maximum Gasteiger partial charge on any atom is 0.251 e. The normalized spacial score (nSPS) is 12.3. The van der Waals surface area contributed by atoms with Gasteiger partial charge in [-0.1, -0.05) is 13.8 Å². The quantitative estimate of drug-likeness (QED) is 0.689. The number of carbonyl (C=O) groups is 1. The molecule has 0 aromatic heterocycles. The van der Waals surface area contributed by atoms with Crippen LogP contribution in [0, 0.1) is 5.92 Å². The number of rotatable bonds is 6. The molecule has 0 saturated heterocycles. The molecule has 0 heterocycles. The van der Waals surface area contributed by atoms with Gasteiger partial charge in [-0.05, 0) is 30.5 Å². The van der Waals surface area contributed by atoms with Crippen LogP contribution in [-0.2, 0) is 0 Å². The number of anilines is 2. The lowest BCUT2D eigenvalue weighted by Crippen LogP contribution is -2.39. The zero-order chi connectivity index (χ0) is 15.3. The molecule has 0 bridgehead atoms. The number of hydrogen-bond donors (Lipinski definition) is 3. The van der Waals surface area contributed by atoms with Crippen LogP contribution in [0.15, 0.2) is 18.2 Å². The number of nitrogens with zero attached hydrogens (tertiary/aromatic N) is 1. The summed E-state index contributed by atoms with van der Waals surface area (Å²) in [6.45, 7) is 4.10. The number of aliphatic hydroxyl groups is 1. The summed E-state index contributed by atoms with van der Waals surface area (Å²) in [6.07, 6.45) is 0.550. The lowest BCUT2D eigenvalue weighted by Gasteiger charge is -2.22. The summed E-state index contributed by atoms with van der Waals surface area (Å²) in [4.78, 5) is 14.1. The van der Waals surface area contributed by atoms with Crippen molar-refractivity contribution in [3.05, 3.63) is 23.8 Å². The molecule has 0 fully saturated rings. The molecule has 1 aromatic rings. The first kappa shape index (κ1) is 16.3. The Hall–Kier alpha value is -1.75. The number of carbonyl (C=O) groups excluding carboxylic acids is 1. The van der Waals surface area contributed by atoms with E-state index in [2.05, 4.69) is 5.32 Å². The Morgan fingerprint density at radius 3 is 2.50 bits per heavy atom. The standard InChI is InChI=1S/C15H25N3O2/c1-10(2)13(7-8-19)17-15(20)11-5-6-14(18(3)4)12(16)9-11/h5-6,9-10,13,19H,7-8,16H2,1-4H3,(H,17,20). The molecule has 5 heteroatoms. The highest BCUT2D eigenvalue weighted by atomic mass is 16.3. The average molecular weight is 279 g/mol. The highest BCUT2D eigenvalue weighted by molar-refractivity contribution is 5.96. The number of amides is 1. The molecule has 0 saturated carbocycles. The van der Waals surface area contributed by atoms with Gasteiger partial charge in [-0.2, -0.15) is 0 Å². The van der Waals surface area contributed by atoms with E-state index in [-0.39, 0.29) is 24.5 Å². The highest BCUT2D eigenvalue weighted by Crippen LogP contribution is 2.22. The molecule has 0 aliphatic heterocycles. The van der Waals surface area contributed by atoms with Crippen molar-refractivity contribution in [3.63, 3.8) is 0 Å². The van der Waals surface area contributed by atoms with Gasteiger partial charge in [-0.15, -0.1) is 0 Å². The van der Waals surface area contributed by atoms with Crippen molar-refractivity contribution in [2.24, 2.45) is 5.92 Å². The molecule has 1 amide bonds. The van der Waals surface area contributed by atoms with Gasteiger partial charge in [-0.3, -0.25) is 4.79 Å². The van der Waals surface area contributed by atoms with Crippen molar-refractivity contribution in [1.29, 1.82) is 0 Å². The van der Waals surface area contributed by atoms with E-state index in [4.69, 9.17) is 10.8 Å². The minimum Gasteiger partial charge on any atom is -0.397 e. The predicted octanol–water partition coefficient (Wildman–Crippen LogP) is 1.47. The van der Waals surface area contributed by atoms with Crippen LogP contribution in [0.2, 0.25) is 0 Å². The van der Waals surface area contributed by atoms with E-state index >= 15 is 0 Å². The molecular formula is C15H25N3O2. The van der Waals surface area contributed by atoms with Crippen LogP contribution >= 0.6 is 0 Å². The maximum absolute atomic E-state index is 12.2. The fourth-order valence-corrected chi connectivity index (χ4v) is 2.07. The van der Waals surface area contributed by atoms with E-state index in [9.17, 15) is 4.79 Å². The molecule has 0 radical (unpaired) electrons. The highest BCUT2D eigenvalue weighted by Gasteiger charge is 2.17. The molecular weight excluding hydrogens is 254 g/mol. The molecule has 0 spiro atoms. The van der Waals surface area contributed by atoms with E-state index in [1.165, 1.54) is 0 Å².